The molecule has 0 atom stereocenters. The van der Waals surface area contributed by atoms with E-state index < -0.39 is 0 Å². The van der Waals surface area contributed by atoms with E-state index in [1.165, 1.54) is 6.07 Å². The summed E-state index contributed by atoms with van der Waals surface area (Å²) in [6.45, 7) is 1.95. The first kappa shape index (κ1) is 10.2. The maximum absolute atomic E-state index is 13.3. The first-order chi connectivity index (χ1) is 6.19. The van der Waals surface area contributed by atoms with Gasteiger partial charge in [0.15, 0.2) is 4.62 Å². The summed E-state index contributed by atoms with van der Waals surface area (Å²) in [7, 11) is 0. The van der Waals surface area contributed by atoms with Crippen LogP contribution in [0.1, 0.15) is 18.1 Å². The number of rotatable bonds is 2. The molecule has 1 N–H and O–H groups in total. The third kappa shape index (κ3) is 2.28. The van der Waals surface area contributed by atoms with Gasteiger partial charge in [0.2, 0.25) is 0 Å². The van der Waals surface area contributed by atoms with Crippen LogP contribution >= 0.6 is 15.9 Å². The van der Waals surface area contributed by atoms with Gasteiger partial charge in [0, 0.05) is 5.56 Å². The van der Waals surface area contributed by atoms with Crippen molar-refractivity contribution in [1.82, 2.24) is 0 Å². The van der Waals surface area contributed by atoms with E-state index in [1.54, 1.807) is 12.1 Å². The summed E-state index contributed by atoms with van der Waals surface area (Å²) in [4.78, 5) is 0. The Kier molecular flexibility index (Phi) is 3.42. The molecule has 0 bridgehead atoms. The van der Waals surface area contributed by atoms with Crippen molar-refractivity contribution in [3.63, 3.8) is 0 Å². The van der Waals surface area contributed by atoms with Crippen molar-refractivity contribution in [3.8, 4) is 0 Å². The molecule has 0 amide bonds. The number of oxime groups is 1. The summed E-state index contributed by atoms with van der Waals surface area (Å²) in [6.07, 6.45) is 0.783. The zero-order valence-corrected chi connectivity index (χ0v) is 8.68. The summed E-state index contributed by atoms with van der Waals surface area (Å²) < 4.78 is 13.4. The molecular formula is C9H9BrFNO. The molecule has 4 heteroatoms. The standard InChI is InChI=1S/C9H9BrFNO/c1-2-6-3-4-7(8(11)5-6)9(10)12-13/h3-5,13H,2H2,1H3. The molecule has 0 aliphatic heterocycles. The third-order valence-corrected chi connectivity index (χ3v) is 2.34. The van der Waals surface area contributed by atoms with E-state index >= 15 is 0 Å². The first-order valence-electron chi connectivity index (χ1n) is 3.85. The van der Waals surface area contributed by atoms with Crippen molar-refractivity contribution in [3.05, 3.63) is 35.1 Å². The highest BCUT2D eigenvalue weighted by atomic mass is 79.9. The van der Waals surface area contributed by atoms with Crippen LogP contribution in [-0.4, -0.2) is 9.83 Å². The lowest BCUT2D eigenvalue weighted by Crippen LogP contribution is -1.96. The van der Waals surface area contributed by atoms with E-state index in [0.29, 0.717) is 0 Å². The van der Waals surface area contributed by atoms with Crippen LogP contribution in [0, 0.1) is 5.82 Å². The van der Waals surface area contributed by atoms with Gasteiger partial charge in [-0.1, -0.05) is 18.1 Å². The quantitative estimate of drug-likeness (QED) is 0.485. The van der Waals surface area contributed by atoms with Crippen molar-refractivity contribution in [2.24, 2.45) is 5.16 Å². The molecule has 2 nitrogen and oxygen atoms in total. The molecule has 70 valence electrons. The van der Waals surface area contributed by atoms with Gasteiger partial charge in [0.05, 0.1) is 0 Å². The van der Waals surface area contributed by atoms with Crippen molar-refractivity contribution in [1.29, 1.82) is 0 Å². The van der Waals surface area contributed by atoms with Gasteiger partial charge in [-0.25, -0.2) is 4.39 Å². The Morgan fingerprint density at radius 2 is 2.31 bits per heavy atom. The summed E-state index contributed by atoms with van der Waals surface area (Å²) in [5, 5.41) is 11.3. The van der Waals surface area contributed by atoms with Crippen LogP contribution in [0.3, 0.4) is 0 Å². The molecule has 0 aliphatic rings. The average molecular weight is 246 g/mol. The van der Waals surface area contributed by atoms with E-state index in [0.717, 1.165) is 12.0 Å². The Hall–Kier alpha value is -0.900. The second kappa shape index (κ2) is 4.37. The fourth-order valence-corrected chi connectivity index (χ4v) is 1.32. The van der Waals surface area contributed by atoms with Crippen molar-refractivity contribution in [2.45, 2.75) is 13.3 Å². The number of hydrogen-bond donors (Lipinski definition) is 1. The van der Waals surface area contributed by atoms with Crippen molar-refractivity contribution >= 4 is 20.6 Å². The zero-order chi connectivity index (χ0) is 9.84. The number of hydrogen-bond acceptors (Lipinski definition) is 2. The minimum atomic E-state index is -0.385. The van der Waals surface area contributed by atoms with Gasteiger partial charge < -0.3 is 5.21 Å². The van der Waals surface area contributed by atoms with Crippen LogP contribution in [0.15, 0.2) is 23.4 Å². The Morgan fingerprint density at radius 3 is 2.77 bits per heavy atom. The van der Waals surface area contributed by atoms with Gasteiger partial charge in [0.1, 0.15) is 5.82 Å². The van der Waals surface area contributed by atoms with E-state index in [1.807, 2.05) is 6.92 Å². The molecule has 13 heavy (non-hydrogen) atoms. The zero-order valence-electron chi connectivity index (χ0n) is 7.09. The topological polar surface area (TPSA) is 32.6 Å². The van der Waals surface area contributed by atoms with E-state index in [-0.39, 0.29) is 16.0 Å². The van der Waals surface area contributed by atoms with E-state index in [2.05, 4.69) is 21.1 Å². The van der Waals surface area contributed by atoms with Gasteiger partial charge in [-0.3, -0.25) is 0 Å². The number of benzene rings is 1. The van der Waals surface area contributed by atoms with Crippen molar-refractivity contribution < 1.29 is 9.60 Å². The fourth-order valence-electron chi connectivity index (χ4n) is 1.000. The second-order valence-electron chi connectivity index (χ2n) is 2.56. The Balaban J connectivity index is 3.12. The van der Waals surface area contributed by atoms with Gasteiger partial charge in [-0.2, -0.15) is 0 Å². The predicted molar refractivity (Wildman–Crippen MR) is 53.0 cm³/mol. The summed E-state index contributed by atoms with van der Waals surface area (Å²) >= 11 is 2.94. The number of aryl methyl sites for hydroxylation is 1. The van der Waals surface area contributed by atoms with Crippen LogP contribution in [0.4, 0.5) is 4.39 Å². The highest BCUT2D eigenvalue weighted by Gasteiger charge is 2.07. The molecule has 1 aromatic carbocycles. The number of nitrogens with zero attached hydrogens (tertiary/aromatic N) is 1. The Bertz CT molecular complexity index is 338. The molecule has 1 aromatic rings. The molecule has 0 spiro atoms. The minimum Gasteiger partial charge on any atom is -0.410 e. The van der Waals surface area contributed by atoms with Crippen LogP contribution in [0.5, 0.6) is 0 Å². The first-order valence-corrected chi connectivity index (χ1v) is 4.64. The molecule has 0 radical (unpaired) electrons. The number of halogens is 2. The molecule has 0 fully saturated rings. The third-order valence-electron chi connectivity index (χ3n) is 1.75. The summed E-state index contributed by atoms with van der Waals surface area (Å²) in [6, 6.07) is 4.81. The molecule has 1 rings (SSSR count). The lowest BCUT2D eigenvalue weighted by molar-refractivity contribution is 0.321. The molecule has 0 heterocycles. The summed E-state index contributed by atoms with van der Waals surface area (Å²) in [5.41, 5.74) is 1.18. The van der Waals surface area contributed by atoms with Gasteiger partial charge >= 0.3 is 0 Å². The molecule has 0 aromatic heterocycles. The van der Waals surface area contributed by atoms with Gasteiger partial charge in [0.25, 0.3) is 0 Å². The highest BCUT2D eigenvalue weighted by Crippen LogP contribution is 2.14. The lowest BCUT2D eigenvalue weighted by Gasteiger charge is -2.01. The summed E-state index contributed by atoms with van der Waals surface area (Å²) in [5.74, 6) is -0.385. The SMILES string of the molecule is CCc1ccc(C(Br)=NO)c(F)c1. The van der Waals surface area contributed by atoms with Crippen LogP contribution in [-0.2, 0) is 6.42 Å². The molecule has 0 saturated heterocycles. The lowest BCUT2D eigenvalue weighted by atomic mass is 10.1. The second-order valence-corrected chi connectivity index (χ2v) is 3.31. The van der Waals surface area contributed by atoms with Crippen LogP contribution in [0.25, 0.3) is 0 Å². The van der Waals surface area contributed by atoms with Crippen LogP contribution in [0.2, 0.25) is 0 Å². The minimum absolute atomic E-state index is 0.104. The largest absolute Gasteiger partial charge is 0.410 e. The highest BCUT2D eigenvalue weighted by molar-refractivity contribution is 9.18. The Labute approximate surface area is 84.2 Å². The van der Waals surface area contributed by atoms with E-state index in [4.69, 9.17) is 5.21 Å². The Morgan fingerprint density at radius 1 is 1.62 bits per heavy atom. The van der Waals surface area contributed by atoms with Gasteiger partial charge in [-0.05, 0) is 40.0 Å². The maximum Gasteiger partial charge on any atom is 0.155 e. The van der Waals surface area contributed by atoms with Crippen molar-refractivity contribution in [2.75, 3.05) is 0 Å². The molecule has 0 aliphatic carbocycles. The predicted octanol–water partition coefficient (Wildman–Crippen LogP) is 2.92. The maximum atomic E-state index is 13.3. The van der Waals surface area contributed by atoms with Crippen LogP contribution < -0.4 is 0 Å². The smallest absolute Gasteiger partial charge is 0.155 e. The molecular weight excluding hydrogens is 237 g/mol. The average Bonchev–Trinajstić information content (AvgIpc) is 2.16. The molecule has 0 saturated carbocycles. The monoisotopic (exact) mass is 245 g/mol. The molecule has 0 unspecified atom stereocenters. The van der Waals surface area contributed by atoms with E-state index in [9.17, 15) is 4.39 Å². The van der Waals surface area contributed by atoms with Gasteiger partial charge in [-0.15, -0.1) is 0 Å². The fraction of sp³-hybridized carbons (Fsp3) is 0.222. The normalized spacial score (nSPS) is 11.8.